The Kier molecular flexibility index (Phi) is 3.65. The van der Waals surface area contributed by atoms with Gasteiger partial charge in [0.25, 0.3) is 0 Å². The molecule has 1 atom stereocenters. The second-order valence-electron chi connectivity index (χ2n) is 5.52. The van der Waals surface area contributed by atoms with Crippen LogP contribution in [0, 0.1) is 6.92 Å². The van der Waals surface area contributed by atoms with Crippen molar-refractivity contribution < 1.29 is 0 Å². The summed E-state index contributed by atoms with van der Waals surface area (Å²) in [7, 11) is 0. The largest absolute Gasteiger partial charge is 0.310 e. The number of fused-ring (bicyclic) bond motifs is 1. The average Bonchev–Trinajstić information content (AvgIpc) is 2.46. The highest BCUT2D eigenvalue weighted by Crippen LogP contribution is 2.24. The Labute approximate surface area is 115 Å². The third-order valence-corrected chi connectivity index (χ3v) is 4.15. The summed E-state index contributed by atoms with van der Waals surface area (Å²) in [4.78, 5) is 0. The maximum absolute atomic E-state index is 3.70. The van der Waals surface area contributed by atoms with Crippen molar-refractivity contribution in [2.45, 2.75) is 38.8 Å². The van der Waals surface area contributed by atoms with E-state index in [1.165, 1.54) is 36.0 Å². The highest BCUT2D eigenvalue weighted by molar-refractivity contribution is 5.37. The van der Waals surface area contributed by atoms with Gasteiger partial charge in [-0.1, -0.05) is 48.5 Å². The molecule has 0 spiro atoms. The Bertz CT molecular complexity index is 545. The number of aryl methyl sites for hydroxylation is 1. The van der Waals surface area contributed by atoms with Crippen LogP contribution in [0.5, 0.6) is 0 Å². The van der Waals surface area contributed by atoms with Crippen LogP contribution in [0.4, 0.5) is 0 Å². The van der Waals surface area contributed by atoms with Crippen molar-refractivity contribution in [2.24, 2.45) is 0 Å². The summed E-state index contributed by atoms with van der Waals surface area (Å²) in [5.41, 5.74) is 5.95. The lowest BCUT2D eigenvalue weighted by Crippen LogP contribution is -2.34. The molecule has 0 fully saturated rings. The molecule has 1 nitrogen and oxygen atoms in total. The maximum atomic E-state index is 3.70. The molecule has 2 aromatic rings. The van der Waals surface area contributed by atoms with Crippen LogP contribution in [0.25, 0.3) is 0 Å². The molecule has 98 valence electrons. The van der Waals surface area contributed by atoms with Crippen LogP contribution in [0.1, 0.15) is 28.7 Å². The first kappa shape index (κ1) is 12.4. The second kappa shape index (κ2) is 5.58. The second-order valence-corrected chi connectivity index (χ2v) is 5.52. The quantitative estimate of drug-likeness (QED) is 0.878. The molecular formula is C18H21N. The average molecular weight is 251 g/mol. The first-order valence-corrected chi connectivity index (χ1v) is 7.17. The van der Waals surface area contributed by atoms with E-state index in [2.05, 4.69) is 60.8 Å². The lowest BCUT2D eigenvalue weighted by atomic mass is 9.86. The van der Waals surface area contributed by atoms with E-state index >= 15 is 0 Å². The highest BCUT2D eigenvalue weighted by atomic mass is 14.9. The van der Waals surface area contributed by atoms with Gasteiger partial charge < -0.3 is 5.32 Å². The van der Waals surface area contributed by atoms with Crippen LogP contribution in [0.15, 0.2) is 48.5 Å². The van der Waals surface area contributed by atoms with Gasteiger partial charge in [-0.15, -0.1) is 0 Å². The van der Waals surface area contributed by atoms with Gasteiger partial charge in [0.2, 0.25) is 0 Å². The van der Waals surface area contributed by atoms with Crippen molar-refractivity contribution >= 4 is 0 Å². The zero-order valence-corrected chi connectivity index (χ0v) is 11.5. The summed E-state index contributed by atoms with van der Waals surface area (Å²) in [6, 6.07) is 18.0. The molecule has 0 aliphatic heterocycles. The predicted molar refractivity (Wildman–Crippen MR) is 80.3 cm³/mol. The van der Waals surface area contributed by atoms with Gasteiger partial charge in [0, 0.05) is 12.6 Å². The molecule has 0 bridgehead atoms. The van der Waals surface area contributed by atoms with E-state index in [-0.39, 0.29) is 0 Å². The Hall–Kier alpha value is -1.60. The summed E-state index contributed by atoms with van der Waals surface area (Å²) in [6.07, 6.45) is 3.64. The third-order valence-electron chi connectivity index (χ3n) is 4.15. The monoisotopic (exact) mass is 251 g/mol. The zero-order valence-electron chi connectivity index (χ0n) is 11.5. The number of nitrogens with one attached hydrogen (secondary N) is 1. The van der Waals surface area contributed by atoms with Crippen molar-refractivity contribution in [2.75, 3.05) is 0 Å². The molecule has 19 heavy (non-hydrogen) atoms. The molecule has 1 heteroatoms. The molecule has 0 aromatic heterocycles. The van der Waals surface area contributed by atoms with Gasteiger partial charge in [-0.3, -0.25) is 0 Å². The molecule has 0 heterocycles. The third kappa shape index (κ3) is 2.87. The van der Waals surface area contributed by atoms with Crippen LogP contribution < -0.4 is 5.32 Å². The molecular weight excluding hydrogens is 230 g/mol. The van der Waals surface area contributed by atoms with E-state index in [1.807, 2.05) is 0 Å². The Balaban J connectivity index is 1.63. The predicted octanol–water partition coefficient (Wildman–Crippen LogP) is 3.64. The summed E-state index contributed by atoms with van der Waals surface area (Å²) in [6.45, 7) is 3.21. The van der Waals surface area contributed by atoms with Gasteiger partial charge in [0.1, 0.15) is 0 Å². The molecule has 0 amide bonds. The van der Waals surface area contributed by atoms with Crippen LogP contribution >= 0.6 is 0 Å². The molecule has 0 saturated carbocycles. The van der Waals surface area contributed by atoms with Crippen LogP contribution in [0.2, 0.25) is 0 Å². The van der Waals surface area contributed by atoms with Crippen molar-refractivity contribution in [3.05, 3.63) is 70.8 Å². The Morgan fingerprint density at radius 1 is 1.05 bits per heavy atom. The summed E-state index contributed by atoms with van der Waals surface area (Å²) in [5, 5.41) is 3.70. The van der Waals surface area contributed by atoms with Gasteiger partial charge in [0.15, 0.2) is 0 Å². The van der Waals surface area contributed by atoms with E-state index in [4.69, 9.17) is 0 Å². The number of benzene rings is 2. The van der Waals surface area contributed by atoms with E-state index in [9.17, 15) is 0 Å². The van der Waals surface area contributed by atoms with Crippen molar-refractivity contribution in [3.8, 4) is 0 Å². The minimum atomic E-state index is 0.620. The van der Waals surface area contributed by atoms with Crippen molar-refractivity contribution in [1.82, 2.24) is 5.32 Å². The van der Waals surface area contributed by atoms with Crippen LogP contribution in [-0.4, -0.2) is 6.04 Å². The van der Waals surface area contributed by atoms with Crippen LogP contribution in [-0.2, 0) is 19.4 Å². The summed E-state index contributed by atoms with van der Waals surface area (Å²) < 4.78 is 0. The number of hydrogen-bond acceptors (Lipinski definition) is 1. The molecule has 1 aliphatic carbocycles. The Morgan fingerprint density at radius 3 is 2.74 bits per heavy atom. The molecule has 0 unspecified atom stereocenters. The standard InChI is InChI=1S/C18H21N/c1-14-6-5-9-16-12-17(10-11-18(14)16)19-13-15-7-3-2-4-8-15/h2-9,17,19H,10-13H2,1H3/t17-/m0/s1. The lowest BCUT2D eigenvalue weighted by molar-refractivity contribution is 0.457. The lowest BCUT2D eigenvalue weighted by Gasteiger charge is -2.26. The molecule has 2 aromatic carbocycles. The van der Waals surface area contributed by atoms with Crippen molar-refractivity contribution in [3.63, 3.8) is 0 Å². The minimum Gasteiger partial charge on any atom is -0.310 e. The van der Waals surface area contributed by atoms with E-state index in [0.717, 1.165) is 6.54 Å². The maximum Gasteiger partial charge on any atom is 0.0208 e. The van der Waals surface area contributed by atoms with Crippen molar-refractivity contribution in [1.29, 1.82) is 0 Å². The van der Waals surface area contributed by atoms with E-state index in [1.54, 1.807) is 5.56 Å². The van der Waals surface area contributed by atoms with Gasteiger partial charge >= 0.3 is 0 Å². The Morgan fingerprint density at radius 2 is 1.89 bits per heavy atom. The number of hydrogen-bond donors (Lipinski definition) is 1. The normalized spacial score (nSPS) is 18.1. The highest BCUT2D eigenvalue weighted by Gasteiger charge is 2.18. The summed E-state index contributed by atoms with van der Waals surface area (Å²) >= 11 is 0. The topological polar surface area (TPSA) is 12.0 Å². The smallest absolute Gasteiger partial charge is 0.0208 e. The van der Waals surface area contributed by atoms with Gasteiger partial charge in [-0.25, -0.2) is 0 Å². The molecule has 0 radical (unpaired) electrons. The van der Waals surface area contributed by atoms with Gasteiger partial charge in [-0.05, 0) is 48.4 Å². The van der Waals surface area contributed by atoms with E-state index < -0.39 is 0 Å². The van der Waals surface area contributed by atoms with Crippen LogP contribution in [0.3, 0.4) is 0 Å². The molecule has 1 aliphatic rings. The van der Waals surface area contributed by atoms with E-state index in [0.29, 0.717) is 6.04 Å². The van der Waals surface area contributed by atoms with Gasteiger partial charge in [0.05, 0.1) is 0 Å². The first-order valence-electron chi connectivity index (χ1n) is 7.17. The fraction of sp³-hybridized carbons (Fsp3) is 0.333. The van der Waals surface area contributed by atoms with Gasteiger partial charge in [-0.2, -0.15) is 0 Å². The summed E-state index contributed by atoms with van der Waals surface area (Å²) in [5.74, 6) is 0. The fourth-order valence-corrected chi connectivity index (χ4v) is 3.03. The minimum absolute atomic E-state index is 0.620. The molecule has 3 rings (SSSR count). The fourth-order valence-electron chi connectivity index (χ4n) is 3.03. The molecule has 1 N–H and O–H groups in total. The SMILES string of the molecule is Cc1cccc2c1CC[C@H](NCc1ccccc1)C2. The zero-order chi connectivity index (χ0) is 13.1. The first-order chi connectivity index (χ1) is 9.33. The molecule has 0 saturated heterocycles. The number of rotatable bonds is 3.